The first kappa shape index (κ1) is 19.9. The highest BCUT2D eigenvalue weighted by Crippen LogP contribution is 2.21. The molecule has 1 aromatic carbocycles. The fourth-order valence-electron chi connectivity index (χ4n) is 2.65. The Balaban J connectivity index is 1.79. The summed E-state index contributed by atoms with van der Waals surface area (Å²) in [6.07, 6.45) is 1.33. The number of benzene rings is 1. The maximum atomic E-state index is 12.2. The van der Waals surface area contributed by atoms with Crippen LogP contribution in [0.25, 0.3) is 0 Å². The van der Waals surface area contributed by atoms with E-state index in [4.69, 9.17) is 27.9 Å². The average Bonchev–Trinajstić information content (AvgIpc) is 2.49. The number of rotatable bonds is 3. The summed E-state index contributed by atoms with van der Waals surface area (Å²) in [4.78, 5) is 25.9. The molecule has 1 fully saturated rings. The number of carbonyl (C=O) groups excluding carboxylic acids is 2. The van der Waals surface area contributed by atoms with Crippen molar-refractivity contribution in [1.82, 2.24) is 10.2 Å². The van der Waals surface area contributed by atoms with Gasteiger partial charge >= 0.3 is 6.09 Å². The minimum absolute atomic E-state index is 0.0530. The van der Waals surface area contributed by atoms with Crippen molar-refractivity contribution in [2.45, 2.75) is 51.7 Å². The Bertz CT molecular complexity index is 636. The Morgan fingerprint density at radius 2 is 1.88 bits per heavy atom. The monoisotopic (exact) mass is 386 g/mol. The van der Waals surface area contributed by atoms with Gasteiger partial charge in [0.1, 0.15) is 5.60 Å². The normalized spacial score (nSPS) is 15.8. The first-order valence-corrected chi connectivity index (χ1v) is 9.11. The molecule has 7 heteroatoms. The van der Waals surface area contributed by atoms with Crippen LogP contribution in [0.5, 0.6) is 0 Å². The lowest BCUT2D eigenvalue weighted by molar-refractivity contribution is -0.121. The molecular formula is C18H24Cl2N2O3. The number of piperidine rings is 1. The third-order valence-corrected chi connectivity index (χ3v) is 4.46. The maximum Gasteiger partial charge on any atom is 0.410 e. The largest absolute Gasteiger partial charge is 0.444 e. The highest BCUT2D eigenvalue weighted by molar-refractivity contribution is 6.35. The molecule has 1 aliphatic heterocycles. The molecule has 25 heavy (non-hydrogen) atoms. The van der Waals surface area contributed by atoms with Crippen molar-refractivity contribution in [3.63, 3.8) is 0 Å². The van der Waals surface area contributed by atoms with E-state index in [0.29, 0.717) is 36.0 Å². The highest BCUT2D eigenvalue weighted by Gasteiger charge is 2.27. The van der Waals surface area contributed by atoms with E-state index >= 15 is 0 Å². The fourth-order valence-corrected chi connectivity index (χ4v) is 3.12. The topological polar surface area (TPSA) is 58.6 Å². The molecule has 1 N–H and O–H groups in total. The Morgan fingerprint density at radius 3 is 2.44 bits per heavy atom. The molecule has 138 valence electrons. The van der Waals surface area contributed by atoms with E-state index in [0.717, 1.165) is 5.56 Å². The Hall–Kier alpha value is -1.46. The summed E-state index contributed by atoms with van der Waals surface area (Å²) >= 11 is 12.0. The maximum absolute atomic E-state index is 12.2. The van der Waals surface area contributed by atoms with Crippen molar-refractivity contribution >= 4 is 35.2 Å². The van der Waals surface area contributed by atoms with Crippen LogP contribution in [0.1, 0.15) is 39.2 Å². The quantitative estimate of drug-likeness (QED) is 0.851. The minimum atomic E-state index is -0.500. The molecule has 1 aromatic rings. The van der Waals surface area contributed by atoms with Crippen LogP contribution in [-0.2, 0) is 16.0 Å². The van der Waals surface area contributed by atoms with Gasteiger partial charge in [0.15, 0.2) is 0 Å². The van der Waals surface area contributed by atoms with Crippen LogP contribution in [-0.4, -0.2) is 41.6 Å². The van der Waals surface area contributed by atoms with E-state index in [-0.39, 0.29) is 24.5 Å². The van der Waals surface area contributed by atoms with E-state index in [9.17, 15) is 9.59 Å². The van der Waals surface area contributed by atoms with Crippen molar-refractivity contribution in [2.24, 2.45) is 0 Å². The van der Waals surface area contributed by atoms with Gasteiger partial charge in [0, 0.05) is 29.2 Å². The summed E-state index contributed by atoms with van der Waals surface area (Å²) in [5.41, 5.74) is 0.245. The minimum Gasteiger partial charge on any atom is -0.444 e. The van der Waals surface area contributed by atoms with Gasteiger partial charge in [-0.2, -0.15) is 0 Å². The van der Waals surface area contributed by atoms with Gasteiger partial charge in [-0.3, -0.25) is 4.79 Å². The van der Waals surface area contributed by atoms with E-state index in [1.165, 1.54) is 0 Å². The molecule has 0 unspecified atom stereocenters. The van der Waals surface area contributed by atoms with Gasteiger partial charge < -0.3 is 15.0 Å². The van der Waals surface area contributed by atoms with Gasteiger partial charge in [0.2, 0.25) is 5.91 Å². The lowest BCUT2D eigenvalue weighted by atomic mass is 10.0. The first-order chi connectivity index (χ1) is 11.6. The van der Waals surface area contributed by atoms with Gasteiger partial charge in [0.25, 0.3) is 0 Å². The summed E-state index contributed by atoms with van der Waals surface area (Å²) in [6, 6.07) is 5.16. The number of nitrogens with zero attached hydrogens (tertiary/aromatic N) is 1. The molecular weight excluding hydrogens is 363 g/mol. The zero-order valence-corrected chi connectivity index (χ0v) is 16.3. The highest BCUT2D eigenvalue weighted by atomic mass is 35.5. The SMILES string of the molecule is CC(C)(C)OC(=O)N1CCC(NC(=O)Cc2ccc(Cl)cc2Cl)CC1. The van der Waals surface area contributed by atoms with Crippen LogP contribution in [0.15, 0.2) is 18.2 Å². The predicted octanol–water partition coefficient (Wildman–Crippen LogP) is 4.05. The smallest absolute Gasteiger partial charge is 0.410 e. The summed E-state index contributed by atoms with van der Waals surface area (Å²) in [7, 11) is 0. The van der Waals surface area contributed by atoms with Crippen LogP contribution in [0, 0.1) is 0 Å². The number of nitrogens with one attached hydrogen (secondary N) is 1. The second kappa shape index (κ2) is 8.28. The summed E-state index contributed by atoms with van der Waals surface area (Å²) in [5, 5.41) is 4.04. The Labute approximate surface area is 158 Å². The first-order valence-electron chi connectivity index (χ1n) is 8.35. The molecule has 0 atom stereocenters. The lowest BCUT2D eigenvalue weighted by Crippen LogP contribution is -2.48. The van der Waals surface area contributed by atoms with Crippen molar-refractivity contribution in [1.29, 1.82) is 0 Å². The van der Waals surface area contributed by atoms with E-state index in [2.05, 4.69) is 5.32 Å². The van der Waals surface area contributed by atoms with Gasteiger partial charge in [-0.1, -0.05) is 29.3 Å². The number of halogens is 2. The van der Waals surface area contributed by atoms with Gasteiger partial charge in [-0.05, 0) is 51.3 Å². The van der Waals surface area contributed by atoms with Crippen molar-refractivity contribution in [2.75, 3.05) is 13.1 Å². The van der Waals surface area contributed by atoms with E-state index in [1.807, 2.05) is 20.8 Å². The summed E-state index contributed by atoms with van der Waals surface area (Å²) in [6.45, 7) is 6.68. The van der Waals surface area contributed by atoms with Crippen LogP contribution in [0.3, 0.4) is 0 Å². The predicted molar refractivity (Wildman–Crippen MR) is 99.1 cm³/mol. The number of likely N-dealkylation sites (tertiary alicyclic amines) is 1. The van der Waals surface area contributed by atoms with Crippen molar-refractivity contribution in [3.8, 4) is 0 Å². The number of amides is 2. The van der Waals surface area contributed by atoms with Crippen LogP contribution in [0.4, 0.5) is 4.79 Å². The lowest BCUT2D eigenvalue weighted by Gasteiger charge is -2.33. The van der Waals surface area contributed by atoms with E-state index in [1.54, 1.807) is 23.1 Å². The molecule has 5 nitrogen and oxygen atoms in total. The van der Waals surface area contributed by atoms with Gasteiger partial charge in [0.05, 0.1) is 6.42 Å². The van der Waals surface area contributed by atoms with Crippen molar-refractivity contribution < 1.29 is 14.3 Å². The summed E-state index contributed by atoms with van der Waals surface area (Å²) < 4.78 is 5.37. The molecule has 2 amide bonds. The average molecular weight is 387 g/mol. The number of carbonyl (C=O) groups is 2. The molecule has 0 bridgehead atoms. The third-order valence-electron chi connectivity index (χ3n) is 3.88. The molecule has 1 aliphatic rings. The Kier molecular flexibility index (Phi) is 6.58. The summed E-state index contributed by atoms with van der Waals surface area (Å²) in [5.74, 6) is -0.0834. The number of hydrogen-bond acceptors (Lipinski definition) is 3. The Morgan fingerprint density at radius 1 is 1.24 bits per heavy atom. The zero-order chi connectivity index (χ0) is 18.6. The molecule has 2 rings (SSSR count). The van der Waals surface area contributed by atoms with Gasteiger partial charge in [-0.15, -0.1) is 0 Å². The molecule has 0 saturated carbocycles. The molecule has 0 aromatic heterocycles. The van der Waals surface area contributed by atoms with E-state index < -0.39 is 5.60 Å². The standard InChI is InChI=1S/C18H24Cl2N2O3/c1-18(2,3)25-17(24)22-8-6-14(7-9-22)21-16(23)10-12-4-5-13(19)11-15(12)20/h4-5,11,14H,6-10H2,1-3H3,(H,21,23). The molecule has 0 aliphatic carbocycles. The van der Waals surface area contributed by atoms with Crippen LogP contribution < -0.4 is 5.32 Å². The van der Waals surface area contributed by atoms with Crippen LogP contribution >= 0.6 is 23.2 Å². The molecule has 1 saturated heterocycles. The number of ether oxygens (including phenoxy) is 1. The fraction of sp³-hybridized carbons (Fsp3) is 0.556. The van der Waals surface area contributed by atoms with Crippen molar-refractivity contribution in [3.05, 3.63) is 33.8 Å². The molecule has 0 radical (unpaired) electrons. The number of hydrogen-bond donors (Lipinski definition) is 1. The molecule has 1 heterocycles. The van der Waals surface area contributed by atoms with Crippen LogP contribution in [0.2, 0.25) is 10.0 Å². The second-order valence-electron chi connectivity index (χ2n) is 7.22. The third kappa shape index (κ3) is 6.40. The molecule has 0 spiro atoms. The van der Waals surface area contributed by atoms with Gasteiger partial charge in [-0.25, -0.2) is 4.79 Å². The second-order valence-corrected chi connectivity index (χ2v) is 8.07. The zero-order valence-electron chi connectivity index (χ0n) is 14.8.